The number of fused-ring (bicyclic) bond motifs is 20. The van der Waals surface area contributed by atoms with Crippen LogP contribution in [0.2, 0.25) is 0 Å². The van der Waals surface area contributed by atoms with E-state index in [1.807, 2.05) is 24.3 Å². The van der Waals surface area contributed by atoms with Crippen molar-refractivity contribution in [2.24, 2.45) is 0 Å². The van der Waals surface area contributed by atoms with Gasteiger partial charge in [0.25, 0.3) is 0 Å². The Labute approximate surface area is 374 Å². The fourth-order valence-electron chi connectivity index (χ4n) is 6.72. The number of aromatic carboxylic acids is 4. The first-order valence-electron chi connectivity index (χ1n) is 15.3. The molecular weight excluding hydrogens is 1460 g/mol. The Kier molecular flexibility index (Phi) is 12.0. The molecule has 0 amide bonds. The van der Waals surface area contributed by atoms with Crippen molar-refractivity contribution in [1.29, 1.82) is 0 Å². The van der Waals surface area contributed by atoms with Gasteiger partial charge < -0.3 is 49.6 Å². The van der Waals surface area contributed by atoms with E-state index >= 15 is 0 Å². The summed E-state index contributed by atoms with van der Waals surface area (Å²) in [6.45, 7) is 0. The number of hydrogen-bond acceptors (Lipinski definition) is 14. The SMILES string of the molecule is O=C([O-])c1c(C(=O)[O-])c(C(=O)[O-])c2c3nc4nc(nc5[nH]c(nc6nc(nc([nH]3)c2c1C(=O)[O-])-c1ccccc1-6)c1ccccc51)-c1ccccc1-4.[Au+].[Au+].[Au+].[Au+]. The topological polar surface area (TPSA) is 269 Å². The molecule has 0 fully saturated rings. The zero-order valence-electron chi connectivity index (χ0n) is 27.1. The van der Waals surface area contributed by atoms with Gasteiger partial charge in [-0.25, -0.2) is 29.9 Å². The minimum absolute atomic E-state index is 0. The van der Waals surface area contributed by atoms with E-state index < -0.39 is 68.2 Å². The number of H-pyrrole nitrogens is 2. The van der Waals surface area contributed by atoms with Crippen LogP contribution in [0.1, 0.15) is 41.4 Å². The van der Waals surface area contributed by atoms with Crippen LogP contribution >= 0.6 is 0 Å². The maximum atomic E-state index is 12.7. The largest absolute Gasteiger partial charge is 1.00 e. The molecule has 290 valence electrons. The summed E-state index contributed by atoms with van der Waals surface area (Å²) in [6, 6.07) is 21.0. The summed E-state index contributed by atoms with van der Waals surface area (Å²) in [7, 11) is 0. The molecule has 5 heterocycles. The van der Waals surface area contributed by atoms with Gasteiger partial charge in [0, 0.05) is 66.1 Å². The van der Waals surface area contributed by atoms with Crippen LogP contribution < -0.4 is 20.4 Å². The number of aromatic nitrogens is 8. The molecule has 0 radical (unpaired) electrons. The molecule has 0 atom stereocenters. The molecule has 0 spiro atoms. The average Bonchev–Trinajstić information content (AvgIpc) is 3.86. The van der Waals surface area contributed by atoms with Crippen LogP contribution in [0.3, 0.4) is 0 Å². The van der Waals surface area contributed by atoms with Crippen molar-refractivity contribution in [2.75, 3.05) is 0 Å². The van der Waals surface area contributed by atoms with Gasteiger partial charge in [-0.3, -0.25) is 0 Å². The molecule has 0 unspecified atom stereocenters. The zero-order chi connectivity index (χ0) is 36.0. The first-order chi connectivity index (χ1) is 25.1. The first kappa shape index (κ1) is 42.2. The number of carboxylic acids is 4. The summed E-state index contributed by atoms with van der Waals surface area (Å²) in [4.78, 5) is 84.3. The quantitative estimate of drug-likeness (QED) is 0.225. The van der Waals surface area contributed by atoms with Gasteiger partial charge in [-0.05, 0) is 0 Å². The van der Waals surface area contributed by atoms with Crippen LogP contribution in [0.5, 0.6) is 0 Å². The van der Waals surface area contributed by atoms with Gasteiger partial charge in [0.2, 0.25) is 0 Å². The van der Waals surface area contributed by atoms with Crippen molar-refractivity contribution in [3.63, 3.8) is 0 Å². The second-order valence-corrected chi connectivity index (χ2v) is 11.6. The van der Waals surface area contributed by atoms with Crippen molar-refractivity contribution in [1.82, 2.24) is 39.9 Å². The van der Waals surface area contributed by atoms with Crippen LogP contribution in [-0.2, 0) is 89.5 Å². The van der Waals surface area contributed by atoms with E-state index in [4.69, 9.17) is 9.97 Å². The smallest absolute Gasteiger partial charge is 0.545 e. The summed E-state index contributed by atoms with van der Waals surface area (Å²) < 4.78 is 0. The third kappa shape index (κ3) is 6.50. The van der Waals surface area contributed by atoms with E-state index in [-0.39, 0.29) is 113 Å². The Hall–Kier alpha value is -4.92. The van der Waals surface area contributed by atoms with E-state index in [0.717, 1.165) is 0 Å². The molecule has 0 saturated heterocycles. The molecule has 2 aliphatic heterocycles. The van der Waals surface area contributed by atoms with E-state index in [1.165, 1.54) is 0 Å². The molecule has 0 aliphatic carbocycles. The van der Waals surface area contributed by atoms with E-state index in [0.29, 0.717) is 44.3 Å². The van der Waals surface area contributed by atoms with Crippen LogP contribution in [0, 0.1) is 0 Å². The monoisotopic (exact) mass is 1470 g/mol. The minimum atomic E-state index is -2.34. The van der Waals surface area contributed by atoms with Crippen LogP contribution in [0.15, 0.2) is 72.8 Å². The van der Waals surface area contributed by atoms with Crippen LogP contribution in [0.25, 0.3) is 89.7 Å². The van der Waals surface area contributed by atoms with Gasteiger partial charge in [-0.15, -0.1) is 0 Å². The number of carbonyl (C=O) groups excluding carboxylic acids is 4. The second kappa shape index (κ2) is 15.9. The van der Waals surface area contributed by atoms with Crippen LogP contribution in [-0.4, -0.2) is 63.7 Å². The molecule has 56 heavy (non-hydrogen) atoms. The molecule has 7 aromatic rings. The normalized spacial score (nSPS) is 10.9. The fourth-order valence-corrected chi connectivity index (χ4v) is 6.72. The summed E-state index contributed by atoms with van der Waals surface area (Å²) in [6.07, 6.45) is 0. The van der Waals surface area contributed by atoms with Crippen molar-refractivity contribution in [2.45, 2.75) is 0 Å². The van der Waals surface area contributed by atoms with Crippen molar-refractivity contribution in [3.8, 4) is 45.6 Å². The molecule has 8 bridgehead atoms. The number of carboxylic acid groups (broad SMARTS) is 4. The summed E-state index contributed by atoms with van der Waals surface area (Å²) >= 11 is 0. The molecule has 16 nitrogen and oxygen atoms in total. The van der Waals surface area contributed by atoms with Gasteiger partial charge in [-0.1, -0.05) is 72.8 Å². The van der Waals surface area contributed by atoms with Gasteiger partial charge in [0.15, 0.2) is 23.3 Å². The molecule has 0 saturated carbocycles. The van der Waals surface area contributed by atoms with Gasteiger partial charge in [0.1, 0.15) is 22.6 Å². The van der Waals surface area contributed by atoms with E-state index in [1.54, 1.807) is 48.5 Å². The summed E-state index contributed by atoms with van der Waals surface area (Å²) in [5.74, 6) is -8.77. The Balaban J connectivity index is 0.00000150. The van der Waals surface area contributed by atoms with Gasteiger partial charge >= 0.3 is 89.5 Å². The third-order valence-corrected chi connectivity index (χ3v) is 8.81. The summed E-state index contributed by atoms with van der Waals surface area (Å²) in [5, 5.41) is 50.3. The molecule has 2 aliphatic rings. The first-order valence-corrected chi connectivity index (χ1v) is 15.3. The Morgan fingerprint density at radius 1 is 0.375 bits per heavy atom. The summed E-state index contributed by atoms with van der Waals surface area (Å²) in [5.41, 5.74) is -3.81. The molecule has 20 heteroatoms. The third-order valence-electron chi connectivity index (χ3n) is 8.81. The number of carbonyl (C=O) groups is 4. The predicted molar refractivity (Wildman–Crippen MR) is 173 cm³/mol. The Bertz CT molecular complexity index is 2830. The number of benzene rings is 4. The van der Waals surface area contributed by atoms with Crippen molar-refractivity contribution < 1.29 is 129 Å². The second-order valence-electron chi connectivity index (χ2n) is 11.6. The Morgan fingerprint density at radius 3 is 0.946 bits per heavy atom. The van der Waals surface area contributed by atoms with E-state index in [2.05, 4.69) is 29.9 Å². The molecule has 3 aromatic heterocycles. The Morgan fingerprint density at radius 2 is 0.643 bits per heavy atom. The number of aromatic amines is 2. The predicted octanol–water partition coefficient (Wildman–Crippen LogP) is 0.313. The standard InChI is InChI=1S/C36H18N8O8.4Au/c45-33(46)21-19-20(22(34(47)48)24(36(51)52)23(21)35(49)50)32-43-30-18-12-6-4-10-16(18)28(41-30)39-26-14-8-2-1-7-13(14)25(37-26)38-27-15-9-3-5-11-17(15)29(40-27)42-31(19)44-32;;;;/h1-12H,(H,45,46)(H,47,48)(H,49,50)(H,51,52)(H2,37,38,39,40,41,42,43,44);;;;/q;4*+1/p-4. The van der Waals surface area contributed by atoms with Crippen molar-refractivity contribution in [3.05, 3.63) is 95.1 Å². The maximum Gasteiger partial charge on any atom is 1.00 e. The fraction of sp³-hybridized carbons (Fsp3) is 0. The number of nitrogens with zero attached hydrogens (tertiary/aromatic N) is 6. The number of nitrogens with one attached hydrogen (secondary N) is 2. The number of rotatable bonds is 4. The molecular formula is C36H14Au4N8O8. The van der Waals surface area contributed by atoms with Gasteiger partial charge in [0.05, 0.1) is 23.9 Å². The maximum absolute atomic E-state index is 12.7. The average molecular weight is 1470 g/mol. The van der Waals surface area contributed by atoms with Gasteiger partial charge in [-0.2, -0.15) is 0 Å². The number of hydrogen-bond donors (Lipinski definition) is 2. The zero-order valence-corrected chi connectivity index (χ0v) is 35.7. The molecule has 9 rings (SSSR count). The minimum Gasteiger partial charge on any atom is -0.545 e. The van der Waals surface area contributed by atoms with Crippen molar-refractivity contribution >= 4 is 68.0 Å². The molecule has 4 aromatic carbocycles. The van der Waals surface area contributed by atoms with E-state index in [9.17, 15) is 39.6 Å². The van der Waals surface area contributed by atoms with Crippen LogP contribution in [0.4, 0.5) is 0 Å². The molecule has 2 N–H and O–H groups in total.